The molecule has 4 rings (SSSR count). The minimum Gasteiger partial charge on any atom is -0.460 e. The quantitative estimate of drug-likeness (QED) is 0.220. The fourth-order valence-corrected chi connectivity index (χ4v) is 5.24. The summed E-state index contributed by atoms with van der Waals surface area (Å²) in [6.45, 7) is -0.422. The average molecular weight is 598 g/mol. The van der Waals surface area contributed by atoms with E-state index in [0.29, 0.717) is 5.56 Å². The standard InChI is InChI=1S/C25H26F3N4O8P/c1-16(20(33)37-14-17-8-4-2-5-9-17)31-41(36,40-18-10-6-3-7-11-18)38-15-24(26)21(34)25(27,28)22(39-24)32-13-12-19(29)30-23(32)35/h2-13,16,21-22,34H,14-15H2,1H3,(H,31,36)(H2,29,30,35)/t16-,21+,22+,24+,41?/m0/s1. The number of benzene rings is 2. The Morgan fingerprint density at radius 2 is 1.80 bits per heavy atom. The molecule has 0 spiro atoms. The van der Waals surface area contributed by atoms with Gasteiger partial charge in [0.15, 0.2) is 6.10 Å². The van der Waals surface area contributed by atoms with Crippen LogP contribution in [0.5, 0.6) is 5.75 Å². The number of nitrogen functional groups attached to an aromatic ring is 1. The molecule has 1 aliphatic heterocycles. The van der Waals surface area contributed by atoms with E-state index < -0.39 is 56.2 Å². The minimum atomic E-state index is -4.74. The molecule has 12 nitrogen and oxygen atoms in total. The highest BCUT2D eigenvalue weighted by Crippen LogP contribution is 2.52. The number of carbonyl (C=O) groups excluding carboxylic acids is 1. The third kappa shape index (κ3) is 6.94. The summed E-state index contributed by atoms with van der Waals surface area (Å²) in [5, 5.41) is 12.5. The number of aliphatic hydroxyl groups excluding tert-OH is 1. The molecule has 1 saturated heterocycles. The third-order valence-corrected chi connectivity index (χ3v) is 7.47. The summed E-state index contributed by atoms with van der Waals surface area (Å²) < 4.78 is 79.8. The number of anilines is 1. The van der Waals surface area contributed by atoms with E-state index in [2.05, 4.69) is 10.1 Å². The molecular formula is C25H26F3N4O8P. The van der Waals surface area contributed by atoms with E-state index in [1.54, 1.807) is 36.4 Å². The van der Waals surface area contributed by atoms with Crippen LogP contribution < -0.4 is 21.0 Å². The molecule has 0 amide bonds. The molecule has 16 heteroatoms. The summed E-state index contributed by atoms with van der Waals surface area (Å²) in [5.74, 6) is -9.28. The summed E-state index contributed by atoms with van der Waals surface area (Å²) in [4.78, 5) is 27.9. The normalized spacial score (nSPS) is 23.8. The SMILES string of the molecule is C[C@H](NP(=O)(OC[C@@]1(F)O[C@@H](n2ccc(N)nc2=O)C(F)(F)[C@@H]1O)Oc1ccccc1)C(=O)OCc1ccccc1. The summed E-state index contributed by atoms with van der Waals surface area (Å²) in [7, 11) is -4.74. The van der Waals surface area contributed by atoms with Crippen molar-refractivity contribution in [2.24, 2.45) is 0 Å². The second kappa shape index (κ2) is 12.0. The van der Waals surface area contributed by atoms with Crippen molar-refractivity contribution in [3.05, 3.63) is 89.0 Å². The van der Waals surface area contributed by atoms with Gasteiger partial charge in [-0.2, -0.15) is 18.9 Å². The van der Waals surface area contributed by atoms with Gasteiger partial charge in [0, 0.05) is 6.20 Å². The van der Waals surface area contributed by atoms with Crippen LogP contribution in [0.1, 0.15) is 18.7 Å². The Morgan fingerprint density at radius 1 is 1.17 bits per heavy atom. The fraction of sp³-hybridized carbons (Fsp3) is 0.320. The number of aromatic nitrogens is 2. The number of alkyl halides is 3. The number of carbonyl (C=O) groups is 1. The molecule has 0 bridgehead atoms. The lowest BCUT2D eigenvalue weighted by molar-refractivity contribution is -0.204. The topological polar surface area (TPSA) is 164 Å². The van der Waals surface area contributed by atoms with E-state index in [1.807, 2.05) is 0 Å². The second-order valence-corrected chi connectivity index (χ2v) is 10.7. The van der Waals surface area contributed by atoms with Crippen molar-refractivity contribution in [2.45, 2.75) is 43.7 Å². The highest BCUT2D eigenvalue weighted by Gasteiger charge is 2.68. The van der Waals surface area contributed by atoms with Gasteiger partial charge in [0.05, 0.1) is 0 Å². The molecule has 41 heavy (non-hydrogen) atoms. The molecule has 1 fully saturated rings. The van der Waals surface area contributed by atoms with Crippen LogP contribution in [0.25, 0.3) is 0 Å². The number of hydrogen-bond donors (Lipinski definition) is 3. The molecule has 4 N–H and O–H groups in total. The fourth-order valence-electron chi connectivity index (χ4n) is 3.74. The maximum absolute atomic E-state index is 15.7. The van der Waals surface area contributed by atoms with Gasteiger partial charge in [0.25, 0.3) is 5.85 Å². The number of hydrogen-bond acceptors (Lipinski definition) is 10. The van der Waals surface area contributed by atoms with E-state index in [4.69, 9.17) is 24.3 Å². The van der Waals surface area contributed by atoms with Gasteiger partial charge in [0.1, 0.15) is 30.8 Å². The van der Waals surface area contributed by atoms with Gasteiger partial charge in [-0.3, -0.25) is 13.9 Å². The lowest BCUT2D eigenvalue weighted by Gasteiger charge is -2.27. The number of ether oxygens (including phenoxy) is 2. The maximum atomic E-state index is 15.7. The maximum Gasteiger partial charge on any atom is 0.459 e. The number of nitrogens with one attached hydrogen (secondary N) is 1. The van der Waals surface area contributed by atoms with Crippen molar-refractivity contribution in [2.75, 3.05) is 12.3 Å². The van der Waals surface area contributed by atoms with E-state index in [1.165, 1.54) is 31.2 Å². The number of para-hydroxylation sites is 1. The average Bonchev–Trinajstić information content (AvgIpc) is 3.12. The van der Waals surface area contributed by atoms with Crippen molar-refractivity contribution >= 4 is 19.5 Å². The van der Waals surface area contributed by atoms with Crippen LogP contribution in [0.3, 0.4) is 0 Å². The first-order valence-electron chi connectivity index (χ1n) is 12.1. The Labute approximate surface area is 231 Å². The van der Waals surface area contributed by atoms with E-state index >= 15 is 4.39 Å². The zero-order chi connectivity index (χ0) is 29.8. The third-order valence-electron chi connectivity index (χ3n) is 5.84. The first kappa shape index (κ1) is 30.2. The Bertz CT molecular complexity index is 1470. The lowest BCUT2D eigenvalue weighted by atomic mass is 10.1. The number of halogens is 3. The van der Waals surface area contributed by atoms with Crippen LogP contribution in [0, 0.1) is 0 Å². The van der Waals surface area contributed by atoms with Gasteiger partial charge in [-0.1, -0.05) is 48.5 Å². The molecular weight excluding hydrogens is 572 g/mol. The molecule has 1 aromatic heterocycles. The second-order valence-electron chi connectivity index (χ2n) is 9.00. The number of aliphatic hydroxyl groups is 1. The number of nitrogens with zero attached hydrogens (tertiary/aromatic N) is 2. The van der Waals surface area contributed by atoms with Crippen LogP contribution in [-0.4, -0.2) is 51.2 Å². The van der Waals surface area contributed by atoms with E-state index in [9.17, 15) is 28.0 Å². The Hall–Kier alpha value is -3.75. The van der Waals surface area contributed by atoms with Crippen LogP contribution in [0.4, 0.5) is 19.0 Å². The zero-order valence-electron chi connectivity index (χ0n) is 21.4. The van der Waals surface area contributed by atoms with Gasteiger partial charge in [-0.05, 0) is 30.7 Å². The Balaban J connectivity index is 1.52. The monoisotopic (exact) mass is 598 g/mol. The molecule has 2 heterocycles. The summed E-state index contributed by atoms with van der Waals surface area (Å²) in [6, 6.07) is 15.7. The summed E-state index contributed by atoms with van der Waals surface area (Å²) >= 11 is 0. The van der Waals surface area contributed by atoms with Crippen molar-refractivity contribution < 1.29 is 46.2 Å². The van der Waals surface area contributed by atoms with E-state index in [0.717, 1.165) is 12.3 Å². The van der Waals surface area contributed by atoms with Crippen molar-refractivity contribution in [3.8, 4) is 5.75 Å². The van der Waals surface area contributed by atoms with E-state index in [-0.39, 0.29) is 22.7 Å². The predicted octanol–water partition coefficient (Wildman–Crippen LogP) is 2.94. The highest BCUT2D eigenvalue weighted by atomic mass is 31.2. The molecule has 1 aliphatic rings. The predicted molar refractivity (Wildman–Crippen MR) is 137 cm³/mol. The largest absolute Gasteiger partial charge is 0.460 e. The van der Waals surface area contributed by atoms with Gasteiger partial charge in [-0.25, -0.2) is 13.8 Å². The molecule has 0 radical (unpaired) electrons. The van der Waals surface area contributed by atoms with Crippen LogP contribution in [-0.2, 0) is 30.0 Å². The first-order chi connectivity index (χ1) is 19.3. The Morgan fingerprint density at radius 3 is 2.44 bits per heavy atom. The van der Waals surface area contributed by atoms with Crippen molar-refractivity contribution in [1.29, 1.82) is 0 Å². The molecule has 0 saturated carbocycles. The molecule has 0 aliphatic carbocycles. The molecule has 3 aromatic rings. The van der Waals surface area contributed by atoms with Gasteiger partial charge in [-0.15, -0.1) is 0 Å². The Kier molecular flexibility index (Phi) is 8.85. The number of rotatable bonds is 11. The summed E-state index contributed by atoms with van der Waals surface area (Å²) in [6.07, 6.45) is -5.04. The van der Waals surface area contributed by atoms with Crippen molar-refractivity contribution in [1.82, 2.24) is 14.6 Å². The summed E-state index contributed by atoms with van der Waals surface area (Å²) in [5.41, 5.74) is 4.74. The van der Waals surface area contributed by atoms with Gasteiger partial charge in [0.2, 0.25) is 6.23 Å². The van der Waals surface area contributed by atoms with Gasteiger partial charge >= 0.3 is 25.3 Å². The van der Waals surface area contributed by atoms with Crippen LogP contribution in [0.2, 0.25) is 0 Å². The molecule has 220 valence electrons. The van der Waals surface area contributed by atoms with Crippen LogP contribution >= 0.6 is 7.75 Å². The van der Waals surface area contributed by atoms with Crippen LogP contribution in [0.15, 0.2) is 77.7 Å². The van der Waals surface area contributed by atoms with Crippen molar-refractivity contribution in [3.63, 3.8) is 0 Å². The lowest BCUT2D eigenvalue weighted by Crippen LogP contribution is -2.47. The first-order valence-corrected chi connectivity index (χ1v) is 13.6. The number of nitrogens with two attached hydrogens (primary N) is 1. The molecule has 5 atom stereocenters. The highest BCUT2D eigenvalue weighted by molar-refractivity contribution is 7.52. The number of esters is 1. The molecule has 1 unspecified atom stereocenters. The minimum absolute atomic E-state index is 0.0447. The molecule has 2 aromatic carbocycles. The zero-order valence-corrected chi connectivity index (χ0v) is 22.3. The smallest absolute Gasteiger partial charge is 0.459 e. The van der Waals surface area contributed by atoms with Gasteiger partial charge < -0.3 is 24.8 Å².